The van der Waals surface area contributed by atoms with Gasteiger partial charge in [-0.05, 0) is 54.4 Å². The van der Waals surface area contributed by atoms with Gasteiger partial charge in [0.1, 0.15) is 17.2 Å². The van der Waals surface area contributed by atoms with Gasteiger partial charge >= 0.3 is 6.61 Å². The summed E-state index contributed by atoms with van der Waals surface area (Å²) in [6.45, 7) is 0.480. The maximum absolute atomic E-state index is 12.7. The second kappa shape index (κ2) is 11.4. The number of amides is 1. The maximum atomic E-state index is 12.7. The van der Waals surface area contributed by atoms with E-state index >= 15 is 0 Å². The van der Waals surface area contributed by atoms with Crippen LogP contribution in [0.4, 0.5) is 14.5 Å². The number of aromatic nitrogens is 2. The summed E-state index contributed by atoms with van der Waals surface area (Å²) in [4.78, 5) is 12.9. The highest BCUT2D eigenvalue weighted by Gasteiger charge is 2.15. The highest BCUT2D eigenvalue weighted by atomic mass is 32.2. The molecule has 4 aromatic rings. The summed E-state index contributed by atoms with van der Waals surface area (Å²) in [5.74, 6) is 0.177. The Hall–Kier alpha value is -4.25. The number of hydrogen-bond acceptors (Lipinski definition) is 6. The van der Waals surface area contributed by atoms with Crippen LogP contribution in [-0.2, 0) is 21.1 Å². The lowest BCUT2D eigenvalue weighted by Gasteiger charge is -2.14. The van der Waals surface area contributed by atoms with Crippen molar-refractivity contribution in [1.29, 1.82) is 0 Å². The molecule has 1 N–H and O–H groups in total. The number of ether oxygens (including phenoxy) is 2. The SMILES string of the molecule is CCS(=O)(=O)c1ccc(CC(=O)Nc2ccc(-n3cc(C)cn3)c(Oc3cccc(OC(F)F)c3)c2)cc1. The zero-order chi connectivity index (χ0) is 27.3. The van der Waals surface area contributed by atoms with Crippen LogP contribution in [-0.4, -0.2) is 36.5 Å². The van der Waals surface area contributed by atoms with Crippen molar-refractivity contribution in [2.75, 3.05) is 11.1 Å². The third-order valence-electron chi connectivity index (χ3n) is 5.49. The van der Waals surface area contributed by atoms with E-state index in [0.29, 0.717) is 22.7 Å². The van der Waals surface area contributed by atoms with Gasteiger partial charge in [-0.1, -0.05) is 25.1 Å². The molecule has 1 heterocycles. The highest BCUT2D eigenvalue weighted by molar-refractivity contribution is 7.91. The number of benzene rings is 3. The van der Waals surface area contributed by atoms with Crippen LogP contribution < -0.4 is 14.8 Å². The van der Waals surface area contributed by atoms with Crippen molar-refractivity contribution in [1.82, 2.24) is 9.78 Å². The summed E-state index contributed by atoms with van der Waals surface area (Å²) >= 11 is 0. The quantitative estimate of drug-likeness (QED) is 0.283. The molecule has 3 aromatic carbocycles. The summed E-state index contributed by atoms with van der Waals surface area (Å²) in [6, 6.07) is 17.0. The first-order valence-corrected chi connectivity index (χ1v) is 13.3. The Kier molecular flexibility index (Phi) is 8.06. The molecular formula is C27H25F2N3O5S. The zero-order valence-corrected chi connectivity index (χ0v) is 21.4. The minimum Gasteiger partial charge on any atom is -0.455 e. The summed E-state index contributed by atoms with van der Waals surface area (Å²) in [5, 5.41) is 7.11. The van der Waals surface area contributed by atoms with Crippen molar-refractivity contribution in [3.63, 3.8) is 0 Å². The van der Waals surface area contributed by atoms with Crippen LogP contribution in [0.3, 0.4) is 0 Å². The smallest absolute Gasteiger partial charge is 0.387 e. The second-order valence-electron chi connectivity index (χ2n) is 8.37. The Morgan fingerprint density at radius 3 is 2.45 bits per heavy atom. The van der Waals surface area contributed by atoms with Gasteiger partial charge in [0.05, 0.1) is 23.3 Å². The third kappa shape index (κ3) is 6.74. The number of alkyl halides is 2. The number of nitrogens with zero attached hydrogens (tertiary/aromatic N) is 2. The first-order chi connectivity index (χ1) is 18.1. The van der Waals surface area contributed by atoms with Crippen molar-refractivity contribution < 1.29 is 31.5 Å². The van der Waals surface area contributed by atoms with Gasteiger partial charge in [-0.3, -0.25) is 4.79 Å². The molecule has 38 heavy (non-hydrogen) atoms. The minimum absolute atomic E-state index is 0.00509. The third-order valence-corrected chi connectivity index (χ3v) is 7.24. The van der Waals surface area contributed by atoms with Gasteiger partial charge in [-0.2, -0.15) is 13.9 Å². The standard InChI is InChI=1S/C27H25F2N3O5S/c1-3-38(34,35)23-10-7-19(8-11-23)13-26(33)31-20-9-12-24(32-17-18(2)16-30-32)25(14-20)36-21-5-4-6-22(15-21)37-27(28)29/h4-12,14-17,27H,3,13H2,1-2H3,(H,31,33). The first-order valence-electron chi connectivity index (χ1n) is 11.6. The Balaban J connectivity index is 1.55. The minimum atomic E-state index is -3.32. The van der Waals surface area contributed by atoms with E-state index in [1.807, 2.05) is 6.92 Å². The van der Waals surface area contributed by atoms with Crippen LogP contribution in [0.25, 0.3) is 5.69 Å². The Labute approximate surface area is 218 Å². The molecule has 198 valence electrons. The molecule has 8 nitrogen and oxygen atoms in total. The fraction of sp³-hybridized carbons (Fsp3) is 0.185. The van der Waals surface area contributed by atoms with Gasteiger partial charge in [-0.15, -0.1) is 0 Å². The first kappa shape index (κ1) is 26.8. The predicted octanol–water partition coefficient (Wildman–Crippen LogP) is 5.55. The van der Waals surface area contributed by atoms with Crippen molar-refractivity contribution in [3.05, 3.63) is 90.3 Å². The average molecular weight is 542 g/mol. The van der Waals surface area contributed by atoms with Gasteiger partial charge in [0.15, 0.2) is 15.6 Å². The fourth-order valence-electron chi connectivity index (χ4n) is 3.62. The van der Waals surface area contributed by atoms with Gasteiger partial charge in [-0.25, -0.2) is 13.1 Å². The number of halogens is 2. The maximum Gasteiger partial charge on any atom is 0.387 e. The number of anilines is 1. The monoisotopic (exact) mass is 541 g/mol. The molecule has 0 bridgehead atoms. The van der Waals surface area contributed by atoms with Gasteiger partial charge < -0.3 is 14.8 Å². The van der Waals surface area contributed by atoms with Crippen molar-refractivity contribution >= 4 is 21.4 Å². The number of hydrogen-bond donors (Lipinski definition) is 1. The summed E-state index contributed by atoms with van der Waals surface area (Å²) < 4.78 is 61.3. The lowest BCUT2D eigenvalue weighted by atomic mass is 10.1. The normalized spacial score (nSPS) is 11.4. The molecule has 4 rings (SSSR count). The number of sulfone groups is 1. The number of rotatable bonds is 10. The van der Waals surface area contributed by atoms with Crippen LogP contribution in [0.5, 0.6) is 17.2 Å². The van der Waals surface area contributed by atoms with E-state index in [9.17, 15) is 22.0 Å². The molecule has 0 aliphatic heterocycles. The van der Waals surface area contributed by atoms with E-state index in [2.05, 4.69) is 15.2 Å². The van der Waals surface area contributed by atoms with Crippen LogP contribution in [0.2, 0.25) is 0 Å². The summed E-state index contributed by atoms with van der Waals surface area (Å²) in [6.07, 6.45) is 3.49. The predicted molar refractivity (Wildman–Crippen MR) is 138 cm³/mol. The van der Waals surface area contributed by atoms with E-state index in [1.54, 1.807) is 60.4 Å². The molecule has 0 spiro atoms. The second-order valence-corrected chi connectivity index (χ2v) is 10.7. The molecule has 0 radical (unpaired) electrons. The summed E-state index contributed by atoms with van der Waals surface area (Å²) in [5.41, 5.74) is 2.55. The van der Waals surface area contributed by atoms with E-state index in [4.69, 9.17) is 4.74 Å². The highest BCUT2D eigenvalue weighted by Crippen LogP contribution is 2.33. The number of carbonyl (C=O) groups is 1. The van der Waals surface area contributed by atoms with E-state index in [0.717, 1.165) is 5.56 Å². The molecule has 0 unspecified atom stereocenters. The molecule has 0 fully saturated rings. The lowest BCUT2D eigenvalue weighted by Crippen LogP contribution is -2.14. The fourth-order valence-corrected chi connectivity index (χ4v) is 4.50. The molecule has 0 atom stereocenters. The van der Waals surface area contributed by atoms with Crippen LogP contribution >= 0.6 is 0 Å². The number of aryl methyl sites for hydroxylation is 1. The van der Waals surface area contributed by atoms with Crippen LogP contribution in [0, 0.1) is 6.92 Å². The Bertz CT molecular complexity index is 1540. The lowest BCUT2D eigenvalue weighted by molar-refractivity contribution is -0.115. The molecule has 0 aliphatic rings. The van der Waals surface area contributed by atoms with Gasteiger partial charge in [0.25, 0.3) is 0 Å². The zero-order valence-electron chi connectivity index (χ0n) is 20.6. The molecule has 0 saturated carbocycles. The topological polar surface area (TPSA) is 99.5 Å². The number of nitrogens with one attached hydrogen (secondary N) is 1. The molecular weight excluding hydrogens is 516 g/mol. The molecule has 1 amide bonds. The van der Waals surface area contributed by atoms with Crippen molar-refractivity contribution in [3.8, 4) is 22.9 Å². The van der Waals surface area contributed by atoms with Crippen molar-refractivity contribution in [2.24, 2.45) is 0 Å². The van der Waals surface area contributed by atoms with Gasteiger partial charge in [0, 0.05) is 24.0 Å². The Morgan fingerprint density at radius 1 is 1.05 bits per heavy atom. The largest absolute Gasteiger partial charge is 0.455 e. The van der Waals surface area contributed by atoms with Gasteiger partial charge in [0.2, 0.25) is 5.91 Å². The molecule has 0 aliphatic carbocycles. The average Bonchev–Trinajstić information content (AvgIpc) is 3.30. The van der Waals surface area contributed by atoms with Crippen molar-refractivity contribution in [2.45, 2.75) is 31.8 Å². The molecule has 0 saturated heterocycles. The number of carbonyl (C=O) groups excluding carboxylic acids is 1. The van der Waals surface area contributed by atoms with Crippen LogP contribution in [0.1, 0.15) is 18.1 Å². The van der Waals surface area contributed by atoms with E-state index in [1.165, 1.54) is 30.3 Å². The van der Waals surface area contributed by atoms with Crippen LogP contribution in [0.15, 0.2) is 84.0 Å². The Morgan fingerprint density at radius 2 is 1.79 bits per heavy atom. The van der Waals surface area contributed by atoms with E-state index < -0.39 is 16.4 Å². The summed E-state index contributed by atoms with van der Waals surface area (Å²) in [7, 11) is -3.32. The van der Waals surface area contributed by atoms with E-state index in [-0.39, 0.29) is 34.5 Å². The molecule has 11 heteroatoms. The molecule has 1 aromatic heterocycles.